The first-order valence-electron chi connectivity index (χ1n) is 6.07. The van der Waals surface area contributed by atoms with Crippen molar-refractivity contribution >= 4 is 17.8 Å². The van der Waals surface area contributed by atoms with Gasteiger partial charge in [0, 0.05) is 13.5 Å². The summed E-state index contributed by atoms with van der Waals surface area (Å²) in [7, 11) is 0. The summed E-state index contributed by atoms with van der Waals surface area (Å²) in [5.74, 6) is -1.59. The Bertz CT molecular complexity index is 324. The van der Waals surface area contributed by atoms with E-state index in [9.17, 15) is 19.5 Å². The average molecular weight is 258 g/mol. The van der Waals surface area contributed by atoms with Crippen molar-refractivity contribution in [1.29, 1.82) is 0 Å². The second-order valence-electron chi connectivity index (χ2n) is 4.43. The summed E-state index contributed by atoms with van der Waals surface area (Å²) in [4.78, 5) is 33.7. The average Bonchev–Trinajstić information content (AvgIpc) is 2.29. The van der Waals surface area contributed by atoms with Crippen molar-refractivity contribution in [2.24, 2.45) is 5.41 Å². The van der Waals surface area contributed by atoms with Crippen molar-refractivity contribution in [3.8, 4) is 0 Å². The highest BCUT2D eigenvalue weighted by atomic mass is 16.4. The maximum Gasteiger partial charge on any atom is 0.311 e. The van der Waals surface area contributed by atoms with E-state index >= 15 is 0 Å². The van der Waals surface area contributed by atoms with Gasteiger partial charge in [-0.15, -0.1) is 0 Å². The molecule has 0 saturated carbocycles. The lowest BCUT2D eigenvalue weighted by Gasteiger charge is -2.27. The Hall–Kier alpha value is -1.59. The molecule has 0 saturated heterocycles. The van der Waals surface area contributed by atoms with Crippen LogP contribution >= 0.6 is 0 Å². The first-order valence-corrected chi connectivity index (χ1v) is 6.07. The first-order chi connectivity index (χ1) is 8.29. The molecule has 2 amide bonds. The predicted octanol–water partition coefficient (Wildman–Crippen LogP) is 0.518. The van der Waals surface area contributed by atoms with Gasteiger partial charge in [0.1, 0.15) is 6.04 Å². The second-order valence-corrected chi connectivity index (χ2v) is 4.43. The van der Waals surface area contributed by atoms with E-state index in [1.54, 1.807) is 20.8 Å². The van der Waals surface area contributed by atoms with E-state index in [4.69, 9.17) is 0 Å². The van der Waals surface area contributed by atoms with Gasteiger partial charge in [-0.05, 0) is 19.8 Å². The smallest absolute Gasteiger partial charge is 0.311 e. The van der Waals surface area contributed by atoms with Gasteiger partial charge < -0.3 is 15.7 Å². The molecule has 0 aromatic heterocycles. The molecule has 0 aliphatic heterocycles. The van der Waals surface area contributed by atoms with E-state index in [-0.39, 0.29) is 18.4 Å². The van der Waals surface area contributed by atoms with Crippen LogP contribution in [-0.2, 0) is 14.4 Å². The molecule has 18 heavy (non-hydrogen) atoms. The third kappa shape index (κ3) is 4.35. The zero-order chi connectivity index (χ0) is 14.3. The Morgan fingerprint density at radius 3 is 2.06 bits per heavy atom. The number of hydrogen-bond donors (Lipinski definition) is 3. The number of carboxylic acids is 1. The Balaban J connectivity index is 4.49. The van der Waals surface area contributed by atoms with Crippen molar-refractivity contribution in [1.82, 2.24) is 10.6 Å². The van der Waals surface area contributed by atoms with Crippen LogP contribution in [0.4, 0.5) is 0 Å². The molecule has 3 N–H and O–H groups in total. The minimum absolute atomic E-state index is 0.0676. The molecule has 0 aromatic carbocycles. The molecule has 0 aliphatic carbocycles. The summed E-state index contributed by atoms with van der Waals surface area (Å²) in [5, 5.41) is 14.2. The van der Waals surface area contributed by atoms with Crippen LogP contribution in [0.2, 0.25) is 0 Å². The molecule has 0 rings (SSSR count). The third-order valence-electron chi connectivity index (χ3n) is 3.22. The highest BCUT2D eigenvalue weighted by molar-refractivity contribution is 5.87. The fraction of sp³-hybridized carbons (Fsp3) is 0.750. The van der Waals surface area contributed by atoms with E-state index in [0.29, 0.717) is 12.8 Å². The zero-order valence-electron chi connectivity index (χ0n) is 11.4. The predicted molar refractivity (Wildman–Crippen MR) is 66.9 cm³/mol. The number of nitrogens with one attached hydrogen (secondary N) is 2. The van der Waals surface area contributed by atoms with Gasteiger partial charge in [-0.3, -0.25) is 14.4 Å². The monoisotopic (exact) mass is 258 g/mol. The molecule has 0 fully saturated rings. The van der Waals surface area contributed by atoms with Crippen LogP contribution in [0.15, 0.2) is 0 Å². The summed E-state index contributed by atoms with van der Waals surface area (Å²) < 4.78 is 0. The number of carbonyl (C=O) groups is 3. The topological polar surface area (TPSA) is 95.5 Å². The minimum Gasteiger partial charge on any atom is -0.481 e. The van der Waals surface area contributed by atoms with Gasteiger partial charge in [0.15, 0.2) is 0 Å². The molecule has 0 heterocycles. The molecule has 6 heteroatoms. The molecule has 0 bridgehead atoms. The van der Waals surface area contributed by atoms with E-state index < -0.39 is 17.4 Å². The molecule has 1 unspecified atom stereocenters. The number of aliphatic carboxylic acids is 1. The molecular formula is C12H22N2O4. The fourth-order valence-corrected chi connectivity index (χ4v) is 1.66. The van der Waals surface area contributed by atoms with Crippen molar-refractivity contribution in [3.63, 3.8) is 0 Å². The molecule has 0 spiro atoms. The van der Waals surface area contributed by atoms with Gasteiger partial charge in [-0.1, -0.05) is 13.8 Å². The van der Waals surface area contributed by atoms with E-state index in [1.807, 2.05) is 0 Å². The van der Waals surface area contributed by atoms with E-state index in [2.05, 4.69) is 10.6 Å². The Morgan fingerprint density at radius 1 is 1.22 bits per heavy atom. The molecule has 1 atom stereocenters. The number of rotatable bonds is 7. The Labute approximate surface area is 107 Å². The zero-order valence-corrected chi connectivity index (χ0v) is 11.4. The van der Waals surface area contributed by atoms with Crippen molar-refractivity contribution < 1.29 is 19.5 Å². The van der Waals surface area contributed by atoms with Crippen LogP contribution in [0.5, 0.6) is 0 Å². The molecule has 0 radical (unpaired) electrons. The van der Waals surface area contributed by atoms with Crippen molar-refractivity contribution in [2.45, 2.75) is 46.6 Å². The lowest BCUT2D eigenvalue weighted by molar-refractivity contribution is -0.149. The van der Waals surface area contributed by atoms with Gasteiger partial charge in [0.2, 0.25) is 11.8 Å². The maximum absolute atomic E-state index is 11.7. The lowest BCUT2D eigenvalue weighted by Crippen LogP contribution is -2.49. The largest absolute Gasteiger partial charge is 0.481 e. The summed E-state index contributed by atoms with van der Waals surface area (Å²) in [6, 6.07) is -0.664. The quantitative estimate of drug-likeness (QED) is 0.620. The lowest BCUT2D eigenvalue weighted by atomic mass is 9.82. The molecule has 104 valence electrons. The highest BCUT2D eigenvalue weighted by Crippen LogP contribution is 2.25. The second kappa shape index (κ2) is 6.98. The minimum atomic E-state index is -0.939. The number of carbonyl (C=O) groups excluding carboxylic acids is 2. The van der Waals surface area contributed by atoms with Gasteiger partial charge in [-0.25, -0.2) is 0 Å². The number of hydrogen-bond acceptors (Lipinski definition) is 3. The standard InChI is InChI=1S/C12H22N2O4/c1-5-12(6-2,11(17)18)7-13-10(16)8(3)14-9(4)15/h8H,5-7H2,1-4H3,(H,13,16)(H,14,15)(H,17,18). The number of carboxylic acid groups (broad SMARTS) is 1. The Kier molecular flexibility index (Phi) is 6.36. The van der Waals surface area contributed by atoms with Gasteiger partial charge in [-0.2, -0.15) is 0 Å². The van der Waals surface area contributed by atoms with E-state index in [1.165, 1.54) is 6.92 Å². The summed E-state index contributed by atoms with van der Waals surface area (Å²) in [5.41, 5.74) is -0.939. The maximum atomic E-state index is 11.7. The van der Waals surface area contributed by atoms with E-state index in [0.717, 1.165) is 0 Å². The van der Waals surface area contributed by atoms with Crippen LogP contribution in [0.25, 0.3) is 0 Å². The van der Waals surface area contributed by atoms with Crippen LogP contribution in [0.3, 0.4) is 0 Å². The molecular weight excluding hydrogens is 236 g/mol. The number of amides is 2. The fourth-order valence-electron chi connectivity index (χ4n) is 1.66. The van der Waals surface area contributed by atoms with Crippen LogP contribution in [0, 0.1) is 5.41 Å². The molecule has 0 aromatic rings. The highest BCUT2D eigenvalue weighted by Gasteiger charge is 2.35. The molecule has 6 nitrogen and oxygen atoms in total. The van der Waals surface area contributed by atoms with Crippen molar-refractivity contribution in [2.75, 3.05) is 6.54 Å². The summed E-state index contributed by atoms with van der Waals surface area (Å²) in [6.45, 7) is 6.50. The van der Waals surface area contributed by atoms with Crippen LogP contribution < -0.4 is 10.6 Å². The SMILES string of the molecule is CCC(CC)(CNC(=O)C(C)NC(C)=O)C(=O)O. The van der Waals surface area contributed by atoms with Crippen LogP contribution in [0.1, 0.15) is 40.5 Å². The summed E-state index contributed by atoms with van der Waals surface area (Å²) >= 11 is 0. The normalized spacial score (nSPS) is 12.7. The first kappa shape index (κ1) is 16.4. The summed E-state index contributed by atoms with van der Waals surface area (Å²) in [6.07, 6.45) is 0.876. The van der Waals surface area contributed by atoms with Gasteiger partial charge in [0.25, 0.3) is 0 Å². The van der Waals surface area contributed by atoms with Gasteiger partial charge >= 0.3 is 5.97 Å². The molecule has 0 aliphatic rings. The van der Waals surface area contributed by atoms with Gasteiger partial charge in [0.05, 0.1) is 5.41 Å². The third-order valence-corrected chi connectivity index (χ3v) is 3.22. The van der Waals surface area contributed by atoms with Crippen molar-refractivity contribution in [3.05, 3.63) is 0 Å². The Morgan fingerprint density at radius 2 is 1.72 bits per heavy atom. The van der Waals surface area contributed by atoms with Crippen LogP contribution in [-0.4, -0.2) is 35.5 Å².